The van der Waals surface area contributed by atoms with Crippen LogP contribution in [0.4, 0.5) is 0 Å². The third kappa shape index (κ3) is 1.06. The van der Waals surface area contributed by atoms with Crippen LogP contribution >= 0.6 is 0 Å². The highest BCUT2D eigenvalue weighted by atomic mass is 14.0. The van der Waals surface area contributed by atoms with Gasteiger partial charge in [0.2, 0.25) is 0 Å². The lowest BCUT2D eigenvalue weighted by molar-refractivity contribution is 1.26. The van der Waals surface area contributed by atoms with Gasteiger partial charge in [-0.25, -0.2) is 0 Å². The third-order valence-electron chi connectivity index (χ3n) is 2.10. The van der Waals surface area contributed by atoms with Crippen molar-refractivity contribution in [1.29, 1.82) is 0 Å². The van der Waals surface area contributed by atoms with Crippen LogP contribution in [0.2, 0.25) is 0 Å². The highest BCUT2D eigenvalue weighted by molar-refractivity contribution is 5.40. The van der Waals surface area contributed by atoms with Gasteiger partial charge in [0.25, 0.3) is 0 Å². The van der Waals surface area contributed by atoms with Gasteiger partial charge in [0.1, 0.15) is 0 Å². The Morgan fingerprint density at radius 1 is 1.00 bits per heavy atom. The lowest BCUT2D eigenvalue weighted by atomic mass is 10.0. The van der Waals surface area contributed by atoms with Gasteiger partial charge >= 0.3 is 0 Å². The van der Waals surface area contributed by atoms with Crippen LogP contribution in [0.1, 0.15) is 22.3 Å². The Bertz CT molecular complexity index is 219. The van der Waals surface area contributed by atoms with Gasteiger partial charge in [-0.1, -0.05) is 12.1 Å². The lowest BCUT2D eigenvalue weighted by Crippen LogP contribution is -1.88. The maximum atomic E-state index is 3.98. The minimum atomic E-state index is 1.18. The van der Waals surface area contributed by atoms with Crippen molar-refractivity contribution in [1.82, 2.24) is 0 Å². The van der Waals surface area contributed by atoms with Crippen LogP contribution in [0, 0.1) is 27.7 Å². The van der Waals surface area contributed by atoms with Gasteiger partial charge in [0.15, 0.2) is 0 Å². The number of hydrogen-bond donors (Lipinski definition) is 0. The first-order chi connectivity index (χ1) is 4.63. The van der Waals surface area contributed by atoms with E-state index in [1.165, 1.54) is 22.3 Å². The molecule has 1 rings (SSSR count). The molecule has 0 amide bonds. The van der Waals surface area contributed by atoms with E-state index in [0.717, 1.165) is 0 Å². The molecule has 0 heteroatoms. The molecule has 53 valence electrons. The van der Waals surface area contributed by atoms with Crippen molar-refractivity contribution >= 4 is 0 Å². The molecule has 0 fully saturated rings. The van der Waals surface area contributed by atoms with Gasteiger partial charge in [0, 0.05) is 0 Å². The predicted molar refractivity (Wildman–Crippen MR) is 45.1 cm³/mol. The molecule has 1 aromatic rings. The van der Waals surface area contributed by atoms with Crippen molar-refractivity contribution in [3.05, 3.63) is 41.3 Å². The molecule has 0 atom stereocenters. The SMILES string of the molecule is [CH2]c1c(C)ccc(C)c1C. The Kier molecular flexibility index (Phi) is 1.80. The second-order valence-electron chi connectivity index (χ2n) is 2.80. The Morgan fingerprint density at radius 2 is 1.50 bits per heavy atom. The first-order valence-corrected chi connectivity index (χ1v) is 3.51. The molecule has 0 bridgehead atoms. The first-order valence-electron chi connectivity index (χ1n) is 3.51. The topological polar surface area (TPSA) is 0 Å². The fourth-order valence-corrected chi connectivity index (χ4v) is 1.01. The minimum absolute atomic E-state index is 1.18. The summed E-state index contributed by atoms with van der Waals surface area (Å²) in [5.74, 6) is 0. The first kappa shape index (κ1) is 7.33. The summed E-state index contributed by atoms with van der Waals surface area (Å²) in [5.41, 5.74) is 5.11. The zero-order chi connectivity index (χ0) is 7.72. The maximum Gasteiger partial charge on any atom is -0.0233 e. The Hall–Kier alpha value is -0.780. The molecule has 0 aliphatic heterocycles. The fraction of sp³-hybridized carbons (Fsp3) is 0.300. The monoisotopic (exact) mass is 133 g/mol. The van der Waals surface area contributed by atoms with Crippen molar-refractivity contribution in [2.75, 3.05) is 0 Å². The Labute approximate surface area is 62.9 Å². The summed E-state index contributed by atoms with van der Waals surface area (Å²) in [7, 11) is 0. The van der Waals surface area contributed by atoms with Crippen LogP contribution in [0.15, 0.2) is 12.1 Å². The molecule has 0 aromatic heterocycles. The molecule has 0 aliphatic carbocycles. The Balaban J connectivity index is 3.34. The average molecular weight is 133 g/mol. The van der Waals surface area contributed by atoms with E-state index in [0.29, 0.717) is 0 Å². The molecule has 0 spiro atoms. The zero-order valence-corrected chi connectivity index (χ0v) is 6.86. The molecular formula is C10H13. The van der Waals surface area contributed by atoms with Crippen LogP contribution in [0.5, 0.6) is 0 Å². The molecule has 0 unspecified atom stereocenters. The molecule has 0 saturated carbocycles. The summed E-state index contributed by atoms with van der Waals surface area (Å²) in [5, 5.41) is 0. The normalized spacial score (nSPS) is 10.0. The predicted octanol–water partition coefficient (Wildman–Crippen LogP) is 2.79. The lowest BCUT2D eigenvalue weighted by Gasteiger charge is -2.06. The maximum absolute atomic E-state index is 3.98. The summed E-state index contributed by atoms with van der Waals surface area (Å²) < 4.78 is 0. The number of benzene rings is 1. The van der Waals surface area contributed by atoms with Gasteiger partial charge in [-0.05, 0) is 49.9 Å². The van der Waals surface area contributed by atoms with Crippen LogP contribution in [0.3, 0.4) is 0 Å². The molecule has 0 aliphatic rings. The number of rotatable bonds is 0. The van der Waals surface area contributed by atoms with Crippen molar-refractivity contribution < 1.29 is 0 Å². The van der Waals surface area contributed by atoms with E-state index in [1.807, 2.05) is 0 Å². The second-order valence-corrected chi connectivity index (χ2v) is 2.80. The van der Waals surface area contributed by atoms with Gasteiger partial charge in [0.05, 0.1) is 0 Å². The van der Waals surface area contributed by atoms with Crippen LogP contribution in [-0.2, 0) is 0 Å². The summed E-state index contributed by atoms with van der Waals surface area (Å²) >= 11 is 0. The molecule has 10 heavy (non-hydrogen) atoms. The molecule has 1 aromatic carbocycles. The number of hydrogen-bond acceptors (Lipinski definition) is 0. The summed E-state index contributed by atoms with van der Waals surface area (Å²) in [6.07, 6.45) is 0. The van der Waals surface area contributed by atoms with E-state index in [1.54, 1.807) is 0 Å². The highest BCUT2D eigenvalue weighted by Crippen LogP contribution is 2.15. The van der Waals surface area contributed by atoms with Crippen molar-refractivity contribution in [3.8, 4) is 0 Å². The number of aryl methyl sites for hydroxylation is 2. The van der Waals surface area contributed by atoms with Gasteiger partial charge in [-0.15, -0.1) is 0 Å². The summed E-state index contributed by atoms with van der Waals surface area (Å²) in [6, 6.07) is 4.25. The Morgan fingerprint density at radius 3 is 2.00 bits per heavy atom. The molecule has 0 N–H and O–H groups in total. The van der Waals surface area contributed by atoms with Crippen molar-refractivity contribution in [3.63, 3.8) is 0 Å². The second kappa shape index (κ2) is 2.45. The molecule has 0 heterocycles. The average Bonchev–Trinajstić information content (AvgIpc) is 1.93. The zero-order valence-electron chi connectivity index (χ0n) is 6.86. The van der Waals surface area contributed by atoms with Gasteiger partial charge in [-0.2, -0.15) is 0 Å². The third-order valence-corrected chi connectivity index (χ3v) is 2.10. The van der Waals surface area contributed by atoms with Crippen LogP contribution in [0.25, 0.3) is 0 Å². The fourth-order valence-electron chi connectivity index (χ4n) is 1.01. The smallest absolute Gasteiger partial charge is 0.0233 e. The molecule has 0 nitrogen and oxygen atoms in total. The molecular weight excluding hydrogens is 120 g/mol. The van der Waals surface area contributed by atoms with E-state index >= 15 is 0 Å². The summed E-state index contributed by atoms with van der Waals surface area (Å²) in [4.78, 5) is 0. The van der Waals surface area contributed by atoms with Crippen LogP contribution < -0.4 is 0 Å². The van der Waals surface area contributed by atoms with E-state index in [4.69, 9.17) is 0 Å². The standard InChI is InChI=1S/C10H13/c1-7-5-6-8(2)10(4)9(7)3/h5-6H,3H2,1-2,4H3. The van der Waals surface area contributed by atoms with E-state index < -0.39 is 0 Å². The molecule has 1 radical (unpaired) electrons. The minimum Gasteiger partial charge on any atom is -0.0588 e. The van der Waals surface area contributed by atoms with E-state index in [-0.39, 0.29) is 0 Å². The van der Waals surface area contributed by atoms with Crippen molar-refractivity contribution in [2.45, 2.75) is 20.8 Å². The van der Waals surface area contributed by atoms with Crippen LogP contribution in [-0.4, -0.2) is 0 Å². The highest BCUT2D eigenvalue weighted by Gasteiger charge is 1.97. The van der Waals surface area contributed by atoms with Crippen molar-refractivity contribution in [2.24, 2.45) is 0 Å². The van der Waals surface area contributed by atoms with E-state index in [9.17, 15) is 0 Å². The molecule has 0 saturated heterocycles. The quantitative estimate of drug-likeness (QED) is 0.510. The summed E-state index contributed by atoms with van der Waals surface area (Å²) in [6.45, 7) is 10.3. The van der Waals surface area contributed by atoms with Gasteiger partial charge in [-0.3, -0.25) is 0 Å². The largest absolute Gasteiger partial charge is 0.0588 e. The van der Waals surface area contributed by atoms with Gasteiger partial charge < -0.3 is 0 Å². The van der Waals surface area contributed by atoms with E-state index in [2.05, 4.69) is 39.8 Å².